The summed E-state index contributed by atoms with van der Waals surface area (Å²) in [4.78, 5) is 150. The van der Waals surface area contributed by atoms with Crippen molar-refractivity contribution in [3.05, 3.63) is 101 Å². The molecule has 0 saturated heterocycles. The van der Waals surface area contributed by atoms with Crippen LogP contribution >= 0.6 is 0 Å². The van der Waals surface area contributed by atoms with Crippen molar-refractivity contribution in [3.8, 4) is 0 Å². The fourth-order valence-corrected chi connectivity index (χ4v) is 5.49. The van der Waals surface area contributed by atoms with Gasteiger partial charge in [0, 0.05) is 94.1 Å². The van der Waals surface area contributed by atoms with E-state index in [2.05, 4.69) is 52.6 Å². The molecule has 4 unspecified atom stereocenters. The maximum Gasteiger partial charge on any atom is 0.330 e. The lowest BCUT2D eigenvalue weighted by Gasteiger charge is -2.27. The molecule has 0 spiro atoms. The molecule has 0 rings (SSSR count). The van der Waals surface area contributed by atoms with E-state index in [1.807, 2.05) is 0 Å². The van der Waals surface area contributed by atoms with Crippen LogP contribution < -0.4 is 0 Å². The number of hydrogen-bond donors (Lipinski definition) is 0. The van der Waals surface area contributed by atoms with Crippen molar-refractivity contribution in [2.45, 2.75) is 50.4 Å². The number of rotatable bonds is 44. The minimum absolute atomic E-state index is 0.0213. The molecule has 25 heteroatoms. The van der Waals surface area contributed by atoms with Gasteiger partial charge >= 0.3 is 65.7 Å². The Bertz CT molecular complexity index is 1800. The Balaban J connectivity index is 6.52. The molecule has 0 heterocycles. The maximum atomic E-state index is 13.1. The van der Waals surface area contributed by atoms with Gasteiger partial charge in [0.2, 0.25) is 0 Å². The lowest BCUT2D eigenvalue weighted by atomic mass is 10.0. The first kappa shape index (κ1) is 67.7. The van der Waals surface area contributed by atoms with Crippen molar-refractivity contribution in [3.63, 3.8) is 0 Å². The first-order chi connectivity index (χ1) is 36.2. The summed E-state index contributed by atoms with van der Waals surface area (Å²) in [6.45, 7) is 22.4. The third-order valence-electron chi connectivity index (χ3n) is 9.46. The van der Waals surface area contributed by atoms with E-state index >= 15 is 0 Å². The van der Waals surface area contributed by atoms with Crippen molar-refractivity contribution >= 4 is 71.4 Å². The largest absolute Gasteiger partial charge is 0.465 e. The van der Waals surface area contributed by atoms with Crippen LogP contribution in [0, 0.1) is 5.92 Å². The lowest BCUT2D eigenvalue weighted by molar-refractivity contribution is -0.162. The molecule has 4 atom stereocenters. The van der Waals surface area contributed by atoms with Crippen LogP contribution in [0.5, 0.6) is 0 Å². The molecular weight excluding hydrogens is 1010 g/mol. The number of allylic oxidation sites excluding steroid dienone is 1. The van der Waals surface area contributed by atoms with E-state index in [4.69, 9.17) is 52.1 Å². The quantitative estimate of drug-likeness (QED) is 0.0471. The third-order valence-corrected chi connectivity index (χ3v) is 9.46. The summed E-state index contributed by atoms with van der Waals surface area (Å²) in [6, 6.07) is 0. The van der Waals surface area contributed by atoms with Crippen LogP contribution in [0.2, 0.25) is 0 Å². The van der Waals surface area contributed by atoms with Crippen molar-refractivity contribution in [2.75, 3.05) is 92.1 Å². The van der Waals surface area contributed by atoms with E-state index in [1.54, 1.807) is 9.80 Å². The van der Waals surface area contributed by atoms with Crippen molar-refractivity contribution in [2.24, 2.45) is 5.92 Å². The Hall–Kier alpha value is -8.32. The van der Waals surface area contributed by atoms with Gasteiger partial charge < -0.3 is 61.9 Å². The van der Waals surface area contributed by atoms with Gasteiger partial charge in [-0.2, -0.15) is 0 Å². The monoisotopic (exact) mass is 1070 g/mol. The highest BCUT2D eigenvalue weighted by molar-refractivity contribution is 5.89. The van der Waals surface area contributed by atoms with Gasteiger partial charge in [-0.25, -0.2) is 33.6 Å². The number of ketones is 1. The van der Waals surface area contributed by atoms with Gasteiger partial charge in [0.1, 0.15) is 39.6 Å². The molecule has 0 aliphatic rings. The fraction of sp³-hybridized carbons (Fsp3) is 0.451. The fourth-order valence-electron chi connectivity index (χ4n) is 5.49. The molecule has 418 valence electrons. The molecule has 76 heavy (non-hydrogen) atoms. The summed E-state index contributed by atoms with van der Waals surface area (Å²) < 4.78 is 56.4. The predicted octanol–water partition coefficient (Wildman–Crippen LogP) is 1.30. The van der Waals surface area contributed by atoms with E-state index < -0.39 is 135 Å². The Labute approximate surface area is 439 Å². The summed E-state index contributed by atoms with van der Waals surface area (Å²) in [5, 5.41) is 0. The number of hydrogen-bond acceptors (Lipinski definition) is 25. The number of carbonyl (C=O) groups excluding carboxylic acids is 12. The van der Waals surface area contributed by atoms with Crippen LogP contribution in [-0.4, -0.2) is 192 Å². The van der Waals surface area contributed by atoms with Crippen LogP contribution in [0.25, 0.3) is 0 Å². The second-order valence-electron chi connectivity index (χ2n) is 15.3. The van der Waals surface area contributed by atoms with Gasteiger partial charge in [0.25, 0.3) is 0 Å². The normalized spacial score (nSPS) is 11.9. The standard InChI is InChI=1S/C51H66N2O23/c1-9-37(54)27-36(28-66-41(55)10-2)29-67-48(62)17-21-52(22-18-49(63)71-33-38(74-45(59)14-6)30-68-42(56)11-3)25-26-53(23-19-50(64)72-34-39(75-46(60)15-7)31-69-43(57)12-4)24-20-51(65)73-35-40(76-47(61)16-8)32-70-44(58)13-5/h9-16,36,38-40H,1-8,17-35H2. The topological polar surface area (TPSA) is 313 Å². The lowest BCUT2D eigenvalue weighted by Crippen LogP contribution is -2.40. The van der Waals surface area contributed by atoms with Crippen LogP contribution in [0.1, 0.15) is 32.1 Å². The molecule has 0 fully saturated rings. The van der Waals surface area contributed by atoms with E-state index in [1.165, 1.54) is 0 Å². The summed E-state index contributed by atoms with van der Waals surface area (Å²) >= 11 is 0. The van der Waals surface area contributed by atoms with Gasteiger partial charge in [-0.3, -0.25) is 24.0 Å². The van der Waals surface area contributed by atoms with Crippen molar-refractivity contribution in [1.29, 1.82) is 0 Å². The zero-order chi connectivity index (χ0) is 57.3. The Kier molecular flexibility index (Phi) is 36.6. The van der Waals surface area contributed by atoms with Crippen molar-refractivity contribution in [1.82, 2.24) is 9.80 Å². The molecule has 25 nitrogen and oxygen atoms in total. The smallest absolute Gasteiger partial charge is 0.330 e. The number of nitrogens with zero attached hydrogens (tertiary/aromatic N) is 2. The molecule has 0 aliphatic carbocycles. The molecule has 0 amide bonds. The summed E-state index contributed by atoms with van der Waals surface area (Å²) in [5.74, 6) is -10.4. The molecule has 0 aromatic heterocycles. The Morgan fingerprint density at radius 1 is 0.303 bits per heavy atom. The molecular formula is C51H66N2O23. The Morgan fingerprint density at radius 2 is 0.539 bits per heavy atom. The molecule has 0 saturated carbocycles. The van der Waals surface area contributed by atoms with Gasteiger partial charge in [0.15, 0.2) is 24.1 Å². The first-order valence-electron chi connectivity index (χ1n) is 23.1. The van der Waals surface area contributed by atoms with Gasteiger partial charge in [-0.05, 0) is 6.08 Å². The average Bonchev–Trinajstić information content (AvgIpc) is 3.42. The second kappa shape index (κ2) is 41.1. The van der Waals surface area contributed by atoms with Crippen LogP contribution in [0.3, 0.4) is 0 Å². The molecule has 0 radical (unpaired) electrons. The number of esters is 11. The number of ether oxygens (including phenoxy) is 11. The zero-order valence-electron chi connectivity index (χ0n) is 42.3. The molecule has 0 N–H and O–H groups in total. The van der Waals surface area contributed by atoms with Crippen molar-refractivity contribution < 1.29 is 110 Å². The second-order valence-corrected chi connectivity index (χ2v) is 15.3. The van der Waals surface area contributed by atoms with Gasteiger partial charge in [-0.15, -0.1) is 0 Å². The molecule has 0 aliphatic heterocycles. The summed E-state index contributed by atoms with van der Waals surface area (Å²) in [6.07, 6.45) is 1.95. The molecule has 0 bridgehead atoms. The predicted molar refractivity (Wildman–Crippen MR) is 263 cm³/mol. The molecule has 0 aromatic rings. The first-order valence-corrected chi connectivity index (χ1v) is 23.1. The summed E-state index contributed by atoms with van der Waals surface area (Å²) in [7, 11) is 0. The van der Waals surface area contributed by atoms with Gasteiger partial charge in [0.05, 0.1) is 38.9 Å². The third kappa shape index (κ3) is 34.9. The highest BCUT2D eigenvalue weighted by Gasteiger charge is 2.24. The van der Waals surface area contributed by atoms with E-state index in [9.17, 15) is 57.5 Å². The van der Waals surface area contributed by atoms with E-state index in [0.717, 1.165) is 48.6 Å². The van der Waals surface area contributed by atoms with E-state index in [-0.39, 0.29) is 84.6 Å². The minimum Gasteiger partial charge on any atom is -0.465 e. The van der Waals surface area contributed by atoms with Crippen LogP contribution in [-0.2, 0) is 110 Å². The van der Waals surface area contributed by atoms with Gasteiger partial charge in [-0.1, -0.05) is 52.6 Å². The van der Waals surface area contributed by atoms with Crippen LogP contribution in [0.15, 0.2) is 101 Å². The maximum absolute atomic E-state index is 13.1. The molecule has 0 aromatic carbocycles. The number of carbonyl (C=O) groups is 12. The van der Waals surface area contributed by atoms with E-state index in [0.29, 0.717) is 0 Å². The SMILES string of the molecule is C=CC(=O)CC(COC(=O)C=C)COC(=O)CCN(CCC(=O)OCC(COC(=O)C=C)OC(=O)C=C)CCN(CCC(=O)OCC(COC(=O)C=C)OC(=O)C=C)CCC(=O)OCC(COC(=O)C=C)OC(=O)C=C. The zero-order valence-corrected chi connectivity index (χ0v) is 42.3. The highest BCUT2D eigenvalue weighted by Crippen LogP contribution is 2.10. The summed E-state index contributed by atoms with van der Waals surface area (Å²) in [5.41, 5.74) is 0. The minimum atomic E-state index is -1.23. The average molecular weight is 1080 g/mol. The van der Waals surface area contributed by atoms with Crippen LogP contribution in [0.4, 0.5) is 0 Å². The highest BCUT2D eigenvalue weighted by atomic mass is 16.6. The Morgan fingerprint density at radius 3 is 0.803 bits per heavy atom.